The standard InChI is InChI=1S/C18H21N3O2/c1-2-12-23-17-9-11-21(18(22)15-8-10-19-20-15)16(17)13-14-6-4-3-5-7-14/h2-8,10,16-17H,1,9,11-13H2,(H,19,20)/t16-,17+/m0/s1. The van der Waals surface area contributed by atoms with Crippen LogP contribution in [-0.2, 0) is 11.2 Å². The second-order valence-corrected chi connectivity index (χ2v) is 5.68. The molecule has 1 aromatic heterocycles. The molecule has 0 spiro atoms. The number of likely N-dealkylation sites (tertiary alicyclic amines) is 1. The highest BCUT2D eigenvalue weighted by Crippen LogP contribution is 2.26. The van der Waals surface area contributed by atoms with Crippen molar-refractivity contribution in [3.8, 4) is 0 Å². The maximum absolute atomic E-state index is 12.7. The van der Waals surface area contributed by atoms with Gasteiger partial charge in [0.1, 0.15) is 5.69 Å². The van der Waals surface area contributed by atoms with Crippen LogP contribution in [0.1, 0.15) is 22.5 Å². The van der Waals surface area contributed by atoms with E-state index in [0.717, 1.165) is 12.8 Å². The van der Waals surface area contributed by atoms with Crippen LogP contribution in [0.3, 0.4) is 0 Å². The normalized spacial score (nSPS) is 20.6. The van der Waals surface area contributed by atoms with Crippen molar-refractivity contribution in [2.45, 2.75) is 25.0 Å². The number of amides is 1. The predicted molar refractivity (Wildman–Crippen MR) is 88.1 cm³/mol. The number of carbonyl (C=O) groups excluding carboxylic acids is 1. The van der Waals surface area contributed by atoms with Crippen molar-refractivity contribution in [3.05, 3.63) is 66.5 Å². The van der Waals surface area contributed by atoms with E-state index in [2.05, 4.69) is 28.9 Å². The second-order valence-electron chi connectivity index (χ2n) is 5.68. The molecular formula is C18H21N3O2. The molecular weight excluding hydrogens is 290 g/mol. The number of H-pyrrole nitrogens is 1. The predicted octanol–water partition coefficient (Wildman–Crippen LogP) is 2.44. The minimum absolute atomic E-state index is 0.0202. The summed E-state index contributed by atoms with van der Waals surface area (Å²) in [6, 6.07) is 11.9. The number of nitrogens with one attached hydrogen (secondary N) is 1. The molecule has 0 bridgehead atoms. The Morgan fingerprint density at radius 1 is 1.39 bits per heavy atom. The maximum Gasteiger partial charge on any atom is 0.272 e. The molecule has 0 unspecified atom stereocenters. The summed E-state index contributed by atoms with van der Waals surface area (Å²) in [7, 11) is 0. The Bertz CT molecular complexity index is 640. The van der Waals surface area contributed by atoms with E-state index in [0.29, 0.717) is 18.8 Å². The molecule has 23 heavy (non-hydrogen) atoms. The third-order valence-electron chi connectivity index (χ3n) is 4.19. The Balaban J connectivity index is 1.79. The van der Waals surface area contributed by atoms with Gasteiger partial charge in [-0.25, -0.2) is 0 Å². The molecule has 5 heteroatoms. The van der Waals surface area contributed by atoms with Gasteiger partial charge in [0.2, 0.25) is 0 Å². The second kappa shape index (κ2) is 7.24. The van der Waals surface area contributed by atoms with E-state index < -0.39 is 0 Å². The average molecular weight is 311 g/mol. The molecule has 0 saturated carbocycles. The van der Waals surface area contributed by atoms with Crippen molar-refractivity contribution >= 4 is 5.91 Å². The highest BCUT2D eigenvalue weighted by molar-refractivity contribution is 5.92. The van der Waals surface area contributed by atoms with Crippen molar-refractivity contribution in [2.75, 3.05) is 13.2 Å². The van der Waals surface area contributed by atoms with Gasteiger partial charge in [-0.15, -0.1) is 6.58 Å². The smallest absolute Gasteiger partial charge is 0.272 e. The van der Waals surface area contributed by atoms with E-state index in [4.69, 9.17) is 4.74 Å². The number of carbonyl (C=O) groups is 1. The molecule has 3 rings (SSSR count). The number of rotatable bonds is 6. The Labute approximate surface area is 136 Å². The SMILES string of the molecule is C=CCO[C@@H]1CCN(C(=O)c2ccn[nH]2)[C@H]1Cc1ccccc1. The summed E-state index contributed by atoms with van der Waals surface area (Å²) in [6.07, 6.45) is 4.99. The lowest BCUT2D eigenvalue weighted by molar-refractivity contribution is 0.0377. The molecule has 1 N–H and O–H groups in total. The van der Waals surface area contributed by atoms with Gasteiger partial charge in [-0.05, 0) is 24.5 Å². The molecule has 2 heterocycles. The van der Waals surface area contributed by atoms with Crippen LogP contribution in [0.15, 0.2) is 55.3 Å². The fraction of sp³-hybridized carbons (Fsp3) is 0.333. The van der Waals surface area contributed by atoms with E-state index in [1.807, 2.05) is 23.1 Å². The number of hydrogen-bond donors (Lipinski definition) is 1. The summed E-state index contributed by atoms with van der Waals surface area (Å²) >= 11 is 0. The Hall–Kier alpha value is -2.40. The van der Waals surface area contributed by atoms with Crippen LogP contribution in [0.25, 0.3) is 0 Å². The van der Waals surface area contributed by atoms with Crippen molar-refractivity contribution in [1.29, 1.82) is 0 Å². The third kappa shape index (κ3) is 3.51. The van der Waals surface area contributed by atoms with Crippen LogP contribution >= 0.6 is 0 Å². The molecule has 2 atom stereocenters. The molecule has 1 aliphatic heterocycles. The lowest BCUT2D eigenvalue weighted by Gasteiger charge is -2.28. The van der Waals surface area contributed by atoms with E-state index in [9.17, 15) is 4.79 Å². The van der Waals surface area contributed by atoms with Gasteiger partial charge < -0.3 is 9.64 Å². The van der Waals surface area contributed by atoms with Crippen LogP contribution in [-0.4, -0.2) is 46.3 Å². The first-order valence-corrected chi connectivity index (χ1v) is 7.86. The van der Waals surface area contributed by atoms with Gasteiger partial charge >= 0.3 is 0 Å². The van der Waals surface area contributed by atoms with E-state index >= 15 is 0 Å². The largest absolute Gasteiger partial charge is 0.372 e. The van der Waals surface area contributed by atoms with Crippen LogP contribution in [0.2, 0.25) is 0 Å². The lowest BCUT2D eigenvalue weighted by atomic mass is 10.0. The molecule has 0 aliphatic carbocycles. The fourth-order valence-corrected chi connectivity index (χ4v) is 3.09. The van der Waals surface area contributed by atoms with Gasteiger partial charge in [0.05, 0.1) is 18.8 Å². The van der Waals surface area contributed by atoms with Gasteiger partial charge in [-0.2, -0.15) is 5.10 Å². The number of hydrogen-bond acceptors (Lipinski definition) is 3. The van der Waals surface area contributed by atoms with Crippen LogP contribution in [0.5, 0.6) is 0 Å². The van der Waals surface area contributed by atoms with Crippen molar-refractivity contribution in [2.24, 2.45) is 0 Å². The van der Waals surface area contributed by atoms with Crippen molar-refractivity contribution in [3.63, 3.8) is 0 Å². The fourth-order valence-electron chi connectivity index (χ4n) is 3.09. The maximum atomic E-state index is 12.7. The highest BCUT2D eigenvalue weighted by Gasteiger charge is 2.38. The topological polar surface area (TPSA) is 58.2 Å². The Morgan fingerprint density at radius 3 is 2.91 bits per heavy atom. The van der Waals surface area contributed by atoms with E-state index in [1.165, 1.54) is 5.56 Å². The van der Waals surface area contributed by atoms with Crippen LogP contribution in [0.4, 0.5) is 0 Å². The third-order valence-corrected chi connectivity index (χ3v) is 4.19. The van der Waals surface area contributed by atoms with Gasteiger partial charge in [0, 0.05) is 12.7 Å². The van der Waals surface area contributed by atoms with E-state index in [1.54, 1.807) is 18.3 Å². The molecule has 1 amide bonds. The molecule has 0 radical (unpaired) electrons. The number of benzene rings is 1. The first kappa shape index (κ1) is 15.5. The molecule has 1 aliphatic rings. The van der Waals surface area contributed by atoms with Crippen molar-refractivity contribution in [1.82, 2.24) is 15.1 Å². The average Bonchev–Trinajstić information content (AvgIpc) is 3.24. The van der Waals surface area contributed by atoms with Crippen molar-refractivity contribution < 1.29 is 9.53 Å². The molecule has 1 aromatic carbocycles. The van der Waals surface area contributed by atoms with Crippen LogP contribution < -0.4 is 0 Å². The van der Waals surface area contributed by atoms with E-state index in [-0.39, 0.29) is 18.1 Å². The summed E-state index contributed by atoms with van der Waals surface area (Å²) in [4.78, 5) is 14.6. The summed E-state index contributed by atoms with van der Waals surface area (Å²) < 4.78 is 5.90. The minimum Gasteiger partial charge on any atom is -0.372 e. The number of aromatic nitrogens is 2. The first-order valence-electron chi connectivity index (χ1n) is 7.86. The van der Waals surface area contributed by atoms with Gasteiger partial charge in [-0.3, -0.25) is 9.89 Å². The molecule has 1 saturated heterocycles. The summed E-state index contributed by atoms with van der Waals surface area (Å²) in [5.41, 5.74) is 1.72. The first-order chi connectivity index (χ1) is 11.3. The summed E-state index contributed by atoms with van der Waals surface area (Å²) in [6.45, 7) is 4.90. The quantitative estimate of drug-likeness (QED) is 0.834. The summed E-state index contributed by atoms with van der Waals surface area (Å²) in [5, 5.41) is 6.63. The molecule has 5 nitrogen and oxygen atoms in total. The van der Waals surface area contributed by atoms with Gasteiger partial charge in [0.15, 0.2) is 0 Å². The zero-order valence-corrected chi connectivity index (χ0v) is 13.0. The Kier molecular flexibility index (Phi) is 4.88. The monoisotopic (exact) mass is 311 g/mol. The molecule has 120 valence electrons. The van der Waals surface area contributed by atoms with Gasteiger partial charge in [-0.1, -0.05) is 36.4 Å². The number of ether oxygens (including phenoxy) is 1. The van der Waals surface area contributed by atoms with Gasteiger partial charge in [0.25, 0.3) is 5.91 Å². The highest BCUT2D eigenvalue weighted by atomic mass is 16.5. The Morgan fingerprint density at radius 2 is 2.22 bits per heavy atom. The number of aromatic amines is 1. The molecule has 1 fully saturated rings. The lowest BCUT2D eigenvalue weighted by Crippen LogP contribution is -2.42. The zero-order valence-electron chi connectivity index (χ0n) is 13.0. The zero-order chi connectivity index (χ0) is 16.1. The van der Waals surface area contributed by atoms with Crippen LogP contribution in [0, 0.1) is 0 Å². The minimum atomic E-state index is -0.0202. The summed E-state index contributed by atoms with van der Waals surface area (Å²) in [5.74, 6) is -0.0202. The molecule has 2 aromatic rings. The number of nitrogens with zero attached hydrogens (tertiary/aromatic N) is 2.